The van der Waals surface area contributed by atoms with Crippen LogP contribution in [0.2, 0.25) is 0 Å². The molecule has 0 saturated carbocycles. The predicted octanol–water partition coefficient (Wildman–Crippen LogP) is 1.83. The molecular formula is C11H16O8S4. The normalized spacial score (nSPS) is 10.0. The Hall–Kier alpha value is -0.560. The van der Waals surface area contributed by atoms with E-state index in [1.54, 1.807) is 7.11 Å². The summed E-state index contributed by atoms with van der Waals surface area (Å²) in [6.45, 7) is 1.11. The quantitative estimate of drug-likeness (QED) is 0.0850. The SMILES string of the molecule is COCSSCOC(=O)CC(=O)OCSSCOC(=O)C(C)=O. The molecule has 23 heavy (non-hydrogen) atoms. The summed E-state index contributed by atoms with van der Waals surface area (Å²) >= 11 is 0. The molecule has 8 nitrogen and oxygen atoms in total. The van der Waals surface area contributed by atoms with Crippen molar-refractivity contribution in [2.75, 3.05) is 30.9 Å². The molecule has 0 atom stereocenters. The number of ether oxygens (including phenoxy) is 4. The lowest BCUT2D eigenvalue weighted by atomic mass is 10.4. The van der Waals surface area contributed by atoms with Gasteiger partial charge in [0, 0.05) is 14.0 Å². The summed E-state index contributed by atoms with van der Waals surface area (Å²) in [7, 11) is 6.41. The lowest BCUT2D eigenvalue weighted by Gasteiger charge is -2.05. The molecule has 0 heterocycles. The molecule has 0 spiro atoms. The standard InChI is InChI=1S/C11H16O8S4/c1-8(12)11(15)19-7-23-22-6-18-10(14)3-9(13)17-5-21-20-4-16-2/h3-7H2,1-2H3. The summed E-state index contributed by atoms with van der Waals surface area (Å²) in [6.07, 6.45) is -0.472. The summed E-state index contributed by atoms with van der Waals surface area (Å²) in [5.41, 5.74) is 0. The molecule has 132 valence electrons. The Morgan fingerprint density at radius 2 is 1.17 bits per heavy atom. The number of Topliss-reactive ketones (excluding diaryl/α,β-unsaturated/α-hetero) is 1. The third-order valence-corrected chi connectivity index (χ3v) is 5.15. The van der Waals surface area contributed by atoms with Crippen LogP contribution in [0.25, 0.3) is 0 Å². The van der Waals surface area contributed by atoms with E-state index in [2.05, 4.69) is 4.74 Å². The van der Waals surface area contributed by atoms with Gasteiger partial charge in [-0.15, -0.1) is 0 Å². The molecule has 0 aliphatic heterocycles. The topological polar surface area (TPSA) is 105 Å². The summed E-state index contributed by atoms with van der Waals surface area (Å²) in [5.74, 6) is -2.45. The maximum atomic E-state index is 11.3. The van der Waals surface area contributed by atoms with Crippen molar-refractivity contribution < 1.29 is 38.1 Å². The molecule has 0 fully saturated rings. The van der Waals surface area contributed by atoms with Gasteiger partial charge in [0.15, 0.2) is 0 Å². The van der Waals surface area contributed by atoms with Crippen LogP contribution in [0, 0.1) is 0 Å². The minimum absolute atomic E-state index is 0.0210. The van der Waals surface area contributed by atoms with Crippen LogP contribution >= 0.6 is 43.2 Å². The molecule has 12 heteroatoms. The highest BCUT2D eigenvalue weighted by atomic mass is 33.1. The second-order valence-corrected chi connectivity index (χ2v) is 8.14. The lowest BCUT2D eigenvalue weighted by molar-refractivity contribution is -0.152. The zero-order valence-corrected chi connectivity index (χ0v) is 15.7. The lowest BCUT2D eigenvalue weighted by Crippen LogP contribution is -2.14. The van der Waals surface area contributed by atoms with Crippen molar-refractivity contribution >= 4 is 66.9 Å². The number of methoxy groups -OCH3 is 1. The molecule has 0 aromatic rings. The van der Waals surface area contributed by atoms with E-state index in [-0.39, 0.29) is 17.8 Å². The average molecular weight is 405 g/mol. The molecule has 0 unspecified atom stereocenters. The first kappa shape index (κ1) is 22.4. The summed E-state index contributed by atoms with van der Waals surface area (Å²) in [5, 5.41) is 0. The van der Waals surface area contributed by atoms with E-state index in [4.69, 9.17) is 14.2 Å². The molecule has 0 aromatic carbocycles. The van der Waals surface area contributed by atoms with Crippen molar-refractivity contribution in [3.8, 4) is 0 Å². The van der Waals surface area contributed by atoms with Crippen molar-refractivity contribution in [2.24, 2.45) is 0 Å². The molecule has 0 saturated heterocycles. The Kier molecular flexibility index (Phi) is 14.6. The Bertz CT molecular complexity index is 403. The van der Waals surface area contributed by atoms with Crippen LogP contribution in [0.5, 0.6) is 0 Å². The predicted molar refractivity (Wildman–Crippen MR) is 90.4 cm³/mol. The van der Waals surface area contributed by atoms with Gasteiger partial charge in [-0.05, 0) is 21.6 Å². The Labute approximate surface area is 149 Å². The van der Waals surface area contributed by atoms with Gasteiger partial charge >= 0.3 is 17.9 Å². The number of rotatable bonds is 13. The highest BCUT2D eigenvalue weighted by Gasteiger charge is 2.12. The third kappa shape index (κ3) is 14.7. The number of carbonyl (C=O) groups is 4. The van der Waals surface area contributed by atoms with Gasteiger partial charge in [-0.2, -0.15) is 0 Å². The maximum Gasteiger partial charge on any atom is 0.375 e. The number of ketones is 1. The number of esters is 3. The number of carbonyl (C=O) groups excluding carboxylic acids is 4. The third-order valence-electron chi connectivity index (χ3n) is 1.68. The Morgan fingerprint density at radius 3 is 1.61 bits per heavy atom. The van der Waals surface area contributed by atoms with Gasteiger partial charge in [0.05, 0.1) is 0 Å². The van der Waals surface area contributed by atoms with Gasteiger partial charge in [0.1, 0.15) is 30.2 Å². The number of hydrogen-bond donors (Lipinski definition) is 0. The van der Waals surface area contributed by atoms with Crippen molar-refractivity contribution in [3.05, 3.63) is 0 Å². The van der Waals surface area contributed by atoms with E-state index in [0.717, 1.165) is 28.5 Å². The van der Waals surface area contributed by atoms with Gasteiger partial charge < -0.3 is 18.9 Å². The van der Waals surface area contributed by atoms with Gasteiger partial charge in [0.25, 0.3) is 0 Å². The molecule has 0 aliphatic rings. The first-order valence-corrected chi connectivity index (χ1v) is 10.9. The maximum absolute atomic E-state index is 11.3. The first-order valence-electron chi connectivity index (χ1n) is 5.94. The molecule has 0 rings (SSSR count). The number of hydrogen-bond acceptors (Lipinski definition) is 12. The Morgan fingerprint density at radius 1 is 0.739 bits per heavy atom. The van der Waals surface area contributed by atoms with Crippen LogP contribution in [0.1, 0.15) is 13.3 Å². The molecule has 0 bridgehead atoms. The van der Waals surface area contributed by atoms with E-state index in [1.807, 2.05) is 0 Å². The van der Waals surface area contributed by atoms with E-state index < -0.39 is 30.1 Å². The second-order valence-electron chi connectivity index (χ2n) is 3.43. The molecule has 0 aromatic heterocycles. The summed E-state index contributed by atoms with van der Waals surface area (Å²) in [4.78, 5) is 44.0. The van der Waals surface area contributed by atoms with Gasteiger partial charge in [-0.1, -0.05) is 21.6 Å². The summed E-state index contributed by atoms with van der Waals surface area (Å²) in [6, 6.07) is 0. The molecule has 0 N–H and O–H groups in total. The molecule has 0 radical (unpaired) electrons. The van der Waals surface area contributed by atoms with E-state index >= 15 is 0 Å². The van der Waals surface area contributed by atoms with E-state index in [1.165, 1.54) is 21.6 Å². The zero-order chi connectivity index (χ0) is 17.5. The minimum atomic E-state index is -0.917. The average Bonchev–Trinajstić information content (AvgIpc) is 2.50. The van der Waals surface area contributed by atoms with E-state index in [9.17, 15) is 19.2 Å². The monoisotopic (exact) mass is 404 g/mol. The smallest absolute Gasteiger partial charge is 0.375 e. The van der Waals surface area contributed by atoms with Crippen LogP contribution in [-0.2, 0) is 38.1 Å². The van der Waals surface area contributed by atoms with Crippen molar-refractivity contribution in [3.63, 3.8) is 0 Å². The fraction of sp³-hybridized carbons (Fsp3) is 0.636. The molecular weight excluding hydrogens is 388 g/mol. The highest BCUT2D eigenvalue weighted by Crippen LogP contribution is 2.22. The Balaban J connectivity index is 3.50. The van der Waals surface area contributed by atoms with Crippen LogP contribution in [0.3, 0.4) is 0 Å². The highest BCUT2D eigenvalue weighted by molar-refractivity contribution is 8.76. The van der Waals surface area contributed by atoms with Crippen molar-refractivity contribution in [1.29, 1.82) is 0 Å². The molecule has 0 aliphatic carbocycles. The van der Waals surface area contributed by atoms with Crippen molar-refractivity contribution in [2.45, 2.75) is 13.3 Å². The van der Waals surface area contributed by atoms with E-state index in [0.29, 0.717) is 5.94 Å². The molecule has 0 amide bonds. The summed E-state index contributed by atoms with van der Waals surface area (Å²) < 4.78 is 18.9. The van der Waals surface area contributed by atoms with Crippen LogP contribution in [0.15, 0.2) is 0 Å². The fourth-order valence-electron chi connectivity index (χ4n) is 0.763. The van der Waals surface area contributed by atoms with Gasteiger partial charge in [-0.25, -0.2) is 4.79 Å². The minimum Gasteiger partial charge on any atom is -0.453 e. The van der Waals surface area contributed by atoms with Crippen LogP contribution in [0.4, 0.5) is 0 Å². The van der Waals surface area contributed by atoms with Gasteiger partial charge in [-0.3, -0.25) is 14.4 Å². The second kappa shape index (κ2) is 15.0. The van der Waals surface area contributed by atoms with Crippen LogP contribution in [-0.4, -0.2) is 54.6 Å². The van der Waals surface area contributed by atoms with Crippen molar-refractivity contribution in [1.82, 2.24) is 0 Å². The largest absolute Gasteiger partial charge is 0.453 e. The van der Waals surface area contributed by atoms with Crippen LogP contribution < -0.4 is 0 Å². The zero-order valence-electron chi connectivity index (χ0n) is 12.4. The first-order chi connectivity index (χ1) is 11.0. The fourth-order valence-corrected chi connectivity index (χ4v) is 3.18. The van der Waals surface area contributed by atoms with Gasteiger partial charge in [0.2, 0.25) is 5.78 Å².